The fourth-order valence-corrected chi connectivity index (χ4v) is 2.82. The molecule has 0 saturated heterocycles. The lowest BCUT2D eigenvalue weighted by atomic mass is 10.1. The summed E-state index contributed by atoms with van der Waals surface area (Å²) in [6.07, 6.45) is -0.156. The molecular formula is C16H28N4O8S2. The van der Waals surface area contributed by atoms with Crippen LogP contribution in [0.3, 0.4) is 0 Å². The summed E-state index contributed by atoms with van der Waals surface area (Å²) in [7, 11) is 0. The zero-order valence-electron chi connectivity index (χ0n) is 16.5. The average molecular weight is 469 g/mol. The molecule has 0 radical (unpaired) electrons. The number of aliphatic hydroxyl groups is 1. The molecule has 0 aliphatic carbocycles. The molecule has 0 aromatic rings. The van der Waals surface area contributed by atoms with Crippen molar-refractivity contribution in [3.05, 3.63) is 0 Å². The monoisotopic (exact) mass is 468 g/mol. The molecule has 0 heterocycles. The normalized spacial score (nSPS) is 15.8. The van der Waals surface area contributed by atoms with Crippen LogP contribution < -0.4 is 21.7 Å². The van der Waals surface area contributed by atoms with Gasteiger partial charge >= 0.3 is 11.9 Å². The quantitative estimate of drug-likeness (QED) is 0.125. The van der Waals surface area contributed by atoms with E-state index in [1.165, 1.54) is 18.7 Å². The third-order valence-corrected chi connectivity index (χ3v) is 4.88. The molecule has 0 aliphatic rings. The van der Waals surface area contributed by atoms with Crippen LogP contribution in [0.15, 0.2) is 0 Å². The molecule has 0 saturated carbocycles. The minimum atomic E-state index is -1.57. The number of thiol groups is 1. The van der Waals surface area contributed by atoms with Crippen LogP contribution in [0.25, 0.3) is 0 Å². The van der Waals surface area contributed by atoms with Gasteiger partial charge in [0.15, 0.2) is 0 Å². The number of aliphatic carboxylic acids is 2. The van der Waals surface area contributed by atoms with Crippen molar-refractivity contribution in [2.45, 2.75) is 50.0 Å². The highest BCUT2D eigenvalue weighted by Crippen LogP contribution is 2.04. The van der Waals surface area contributed by atoms with Crippen molar-refractivity contribution >= 4 is 54.1 Å². The van der Waals surface area contributed by atoms with E-state index in [4.69, 9.17) is 15.9 Å². The Morgan fingerprint density at radius 2 is 1.47 bits per heavy atom. The first kappa shape index (κ1) is 28.0. The van der Waals surface area contributed by atoms with E-state index in [0.29, 0.717) is 5.75 Å². The predicted octanol–water partition coefficient (Wildman–Crippen LogP) is -2.61. The molecule has 12 nitrogen and oxygen atoms in total. The van der Waals surface area contributed by atoms with E-state index in [0.717, 1.165) is 0 Å². The largest absolute Gasteiger partial charge is 0.481 e. The van der Waals surface area contributed by atoms with Crippen molar-refractivity contribution in [1.29, 1.82) is 0 Å². The third-order valence-electron chi connectivity index (χ3n) is 3.87. The summed E-state index contributed by atoms with van der Waals surface area (Å²) >= 11 is 5.22. The molecule has 0 aromatic carbocycles. The van der Waals surface area contributed by atoms with Crippen LogP contribution in [0.5, 0.6) is 0 Å². The van der Waals surface area contributed by atoms with Gasteiger partial charge in [0.05, 0.1) is 12.5 Å². The van der Waals surface area contributed by atoms with Gasteiger partial charge in [-0.1, -0.05) is 0 Å². The first-order valence-corrected chi connectivity index (χ1v) is 10.9. The average Bonchev–Trinajstić information content (AvgIpc) is 2.66. The number of amides is 3. The fourth-order valence-electron chi connectivity index (χ4n) is 2.11. The lowest BCUT2D eigenvalue weighted by Crippen LogP contribution is -2.58. The highest BCUT2D eigenvalue weighted by molar-refractivity contribution is 7.98. The molecule has 0 aliphatic heterocycles. The molecule has 30 heavy (non-hydrogen) atoms. The summed E-state index contributed by atoms with van der Waals surface area (Å²) in [6.45, 7) is 1.25. The number of hydrogen-bond donors (Lipinski definition) is 8. The van der Waals surface area contributed by atoms with E-state index in [2.05, 4.69) is 28.6 Å². The van der Waals surface area contributed by atoms with Gasteiger partial charge in [0.25, 0.3) is 0 Å². The first-order valence-electron chi connectivity index (χ1n) is 8.83. The van der Waals surface area contributed by atoms with Crippen LogP contribution in [-0.2, 0) is 24.0 Å². The second kappa shape index (κ2) is 14.1. The summed E-state index contributed by atoms with van der Waals surface area (Å²) in [6, 6.07) is -5.42. The van der Waals surface area contributed by atoms with E-state index in [1.54, 1.807) is 6.26 Å². The van der Waals surface area contributed by atoms with Gasteiger partial charge in [0, 0.05) is 5.75 Å². The number of aliphatic hydroxyl groups excluding tert-OH is 1. The molecule has 0 spiro atoms. The molecule has 5 atom stereocenters. The lowest BCUT2D eigenvalue weighted by Gasteiger charge is -2.24. The molecule has 8 N–H and O–H groups in total. The Kier molecular flexibility index (Phi) is 13.1. The minimum absolute atomic E-state index is 0.124. The number of nitrogens with two attached hydrogens (primary N) is 1. The number of rotatable bonds is 14. The van der Waals surface area contributed by atoms with E-state index in [-0.39, 0.29) is 12.2 Å². The maximum Gasteiger partial charge on any atom is 0.327 e. The summed E-state index contributed by atoms with van der Waals surface area (Å²) in [5.74, 6) is -5.16. The van der Waals surface area contributed by atoms with Crippen LogP contribution in [0, 0.1) is 0 Å². The highest BCUT2D eigenvalue weighted by atomic mass is 32.2. The van der Waals surface area contributed by atoms with Gasteiger partial charge in [0.1, 0.15) is 24.2 Å². The number of carbonyl (C=O) groups is 5. The van der Waals surface area contributed by atoms with Gasteiger partial charge in [-0.15, -0.1) is 0 Å². The Morgan fingerprint density at radius 3 is 1.90 bits per heavy atom. The van der Waals surface area contributed by atoms with Crippen LogP contribution in [-0.4, -0.2) is 93.0 Å². The topological polar surface area (TPSA) is 208 Å². The molecule has 0 aromatic heterocycles. The van der Waals surface area contributed by atoms with Gasteiger partial charge < -0.3 is 37.0 Å². The lowest BCUT2D eigenvalue weighted by molar-refractivity contribution is -0.143. The number of hydrogen-bond acceptors (Lipinski definition) is 9. The van der Waals surface area contributed by atoms with Crippen LogP contribution in [0.4, 0.5) is 0 Å². The second-order valence-corrected chi connectivity index (χ2v) is 7.70. The van der Waals surface area contributed by atoms with Gasteiger partial charge in [-0.3, -0.25) is 19.2 Å². The number of carbonyl (C=O) groups excluding carboxylic acids is 3. The van der Waals surface area contributed by atoms with E-state index in [9.17, 15) is 29.1 Å². The molecule has 14 heteroatoms. The van der Waals surface area contributed by atoms with Gasteiger partial charge in [-0.25, -0.2) is 4.79 Å². The minimum Gasteiger partial charge on any atom is -0.481 e. The zero-order chi connectivity index (χ0) is 23.4. The van der Waals surface area contributed by atoms with Crippen molar-refractivity contribution in [2.24, 2.45) is 5.73 Å². The van der Waals surface area contributed by atoms with Crippen LogP contribution in [0.1, 0.15) is 19.8 Å². The summed E-state index contributed by atoms with van der Waals surface area (Å²) in [4.78, 5) is 59.2. The van der Waals surface area contributed by atoms with Gasteiger partial charge in [0.2, 0.25) is 17.7 Å². The SMILES string of the molecule is CSCCC(NC(=O)C(CC(=O)O)NC(=O)C(N)C(C)O)C(=O)NC(CS)C(=O)O. The Bertz CT molecular complexity index is 634. The maximum absolute atomic E-state index is 12.6. The zero-order valence-corrected chi connectivity index (χ0v) is 18.2. The second-order valence-electron chi connectivity index (χ2n) is 6.35. The van der Waals surface area contributed by atoms with Crippen LogP contribution >= 0.6 is 24.4 Å². The van der Waals surface area contributed by atoms with Crippen molar-refractivity contribution in [3.8, 4) is 0 Å². The predicted molar refractivity (Wildman–Crippen MR) is 112 cm³/mol. The van der Waals surface area contributed by atoms with Crippen molar-refractivity contribution in [2.75, 3.05) is 17.8 Å². The molecule has 0 rings (SSSR count). The first-order chi connectivity index (χ1) is 13.9. The van der Waals surface area contributed by atoms with E-state index >= 15 is 0 Å². The molecular weight excluding hydrogens is 440 g/mol. The van der Waals surface area contributed by atoms with E-state index < -0.39 is 66.4 Å². The third kappa shape index (κ3) is 10.1. The van der Waals surface area contributed by atoms with Crippen molar-refractivity contribution < 1.29 is 39.3 Å². The molecule has 3 amide bonds. The summed E-state index contributed by atoms with van der Waals surface area (Å²) in [5.41, 5.74) is 5.48. The van der Waals surface area contributed by atoms with Crippen molar-refractivity contribution in [1.82, 2.24) is 16.0 Å². The molecule has 0 fully saturated rings. The Balaban J connectivity index is 5.40. The van der Waals surface area contributed by atoms with Gasteiger partial charge in [-0.2, -0.15) is 24.4 Å². The molecule has 172 valence electrons. The smallest absolute Gasteiger partial charge is 0.327 e. The molecule has 0 bridgehead atoms. The summed E-state index contributed by atoms with van der Waals surface area (Å²) < 4.78 is 0. The Labute approximate surface area is 183 Å². The number of thioether (sulfide) groups is 1. The summed E-state index contributed by atoms with van der Waals surface area (Å²) in [5, 5.41) is 34.2. The number of carboxylic acids is 2. The highest BCUT2D eigenvalue weighted by Gasteiger charge is 2.31. The Morgan fingerprint density at radius 1 is 0.967 bits per heavy atom. The number of nitrogens with one attached hydrogen (secondary N) is 3. The standard InChI is InChI=1S/C16H28N4O8S2/c1-7(21)12(17)15(26)19-9(5-11(22)23)14(25)18-8(3-4-30-2)13(24)20-10(6-29)16(27)28/h7-10,12,21,29H,3-6,17H2,1-2H3,(H,18,25)(H,19,26)(H,20,24)(H,22,23)(H,27,28). The Hall–Kier alpha value is -2.03. The van der Waals surface area contributed by atoms with Crippen molar-refractivity contribution in [3.63, 3.8) is 0 Å². The number of carboxylic acid groups (broad SMARTS) is 2. The molecule has 5 unspecified atom stereocenters. The van der Waals surface area contributed by atoms with E-state index in [1.807, 2.05) is 0 Å². The van der Waals surface area contributed by atoms with Crippen LogP contribution in [0.2, 0.25) is 0 Å². The maximum atomic E-state index is 12.6. The van der Waals surface area contributed by atoms with Gasteiger partial charge in [-0.05, 0) is 25.4 Å². The fraction of sp³-hybridized carbons (Fsp3) is 0.688.